The van der Waals surface area contributed by atoms with E-state index in [0.717, 1.165) is 99.2 Å². The number of piperidine rings is 2. The largest absolute Gasteiger partial charge is 0.508 e. The summed E-state index contributed by atoms with van der Waals surface area (Å²) in [6, 6.07) is 18.0. The molecule has 4 aromatic rings. The molecule has 0 radical (unpaired) electrons. The maximum Gasteiger partial charge on any atom is 0.265 e. The van der Waals surface area contributed by atoms with Crippen molar-refractivity contribution in [2.45, 2.75) is 102 Å². The lowest BCUT2D eigenvalue weighted by Crippen LogP contribution is -2.49. The Hall–Kier alpha value is -4.93. The molecule has 0 aliphatic carbocycles. The molecule has 4 aliphatic rings. The van der Waals surface area contributed by atoms with E-state index < -0.39 is 5.91 Å². The molecule has 3 aromatic carbocycles. The van der Waals surface area contributed by atoms with Gasteiger partial charge in [0.2, 0.25) is 0 Å². The number of aromatic hydroxyl groups is 2. The number of nitrogens with two attached hydrogens (primary N) is 1. The Morgan fingerprint density at radius 1 is 0.942 bits per heavy atom. The predicted molar refractivity (Wildman–Crippen MR) is 282 cm³/mol. The number of likely N-dealkylation sites (tertiary alicyclic amines) is 1. The maximum absolute atomic E-state index is 11.5. The number of nitrogens with zero attached hydrogens (tertiary/aromatic N) is 6. The average Bonchev–Trinajstić information content (AvgIpc) is 3.80. The van der Waals surface area contributed by atoms with E-state index in [0.29, 0.717) is 28.4 Å². The molecule has 14 nitrogen and oxygen atoms in total. The monoisotopic (exact) mass is 983 g/mol. The van der Waals surface area contributed by atoms with Gasteiger partial charge in [0.1, 0.15) is 28.1 Å². The van der Waals surface area contributed by atoms with Crippen molar-refractivity contribution in [2.75, 3.05) is 94.2 Å². The van der Waals surface area contributed by atoms with E-state index in [9.17, 15) is 15.0 Å². The van der Waals surface area contributed by atoms with E-state index >= 15 is 0 Å². The van der Waals surface area contributed by atoms with Gasteiger partial charge < -0.3 is 41.2 Å². The SMILES string of the molecule is CC.CCNC(=O)C(=N)CC(=N)c1cc(C(C)C)c(O)cc1O.Cc1ccc(CN2CCC(CN3CCN(c4cccc(Sc5ncc(N6CCC7(CCOC7)CC6)nc5N)c4Cl)CC3)CC2)cc1. The number of carbonyl (C=O) groups excluding carboxylic acids is 1. The van der Waals surface area contributed by atoms with Crippen molar-refractivity contribution in [3.63, 3.8) is 0 Å². The number of phenols is 2. The zero-order valence-corrected chi connectivity index (χ0v) is 43.2. The molecule has 374 valence electrons. The van der Waals surface area contributed by atoms with Crippen molar-refractivity contribution >= 4 is 58.0 Å². The van der Waals surface area contributed by atoms with Crippen LogP contribution in [0.15, 0.2) is 70.7 Å². The van der Waals surface area contributed by atoms with Crippen molar-refractivity contribution in [2.24, 2.45) is 11.3 Å². The Morgan fingerprint density at radius 2 is 1.64 bits per heavy atom. The van der Waals surface area contributed by atoms with Crippen molar-refractivity contribution in [3.8, 4) is 11.5 Å². The lowest BCUT2D eigenvalue weighted by molar-refractivity contribution is -0.114. The van der Waals surface area contributed by atoms with E-state index in [1.807, 2.05) is 33.9 Å². The van der Waals surface area contributed by atoms with Gasteiger partial charge in [-0.25, -0.2) is 9.97 Å². The Balaban J connectivity index is 0.000000287. The fourth-order valence-electron chi connectivity index (χ4n) is 9.53. The van der Waals surface area contributed by atoms with Crippen molar-refractivity contribution < 1.29 is 19.7 Å². The summed E-state index contributed by atoms with van der Waals surface area (Å²) in [6.45, 7) is 24.6. The molecule has 4 aliphatic heterocycles. The summed E-state index contributed by atoms with van der Waals surface area (Å²) in [4.78, 5) is 32.0. The number of piperazine rings is 1. The predicted octanol–water partition coefficient (Wildman–Crippen LogP) is 9.37. The highest BCUT2D eigenvalue weighted by Gasteiger charge is 2.38. The first-order valence-electron chi connectivity index (χ1n) is 24.9. The first-order chi connectivity index (χ1) is 33.2. The summed E-state index contributed by atoms with van der Waals surface area (Å²) in [7, 11) is 0. The molecule has 69 heavy (non-hydrogen) atoms. The number of phenolic OH excluding ortho intramolecular Hbond substituents is 2. The Bertz CT molecular complexity index is 2340. The molecule has 16 heteroatoms. The maximum atomic E-state index is 11.5. The number of benzene rings is 3. The van der Waals surface area contributed by atoms with E-state index in [4.69, 9.17) is 42.9 Å². The van der Waals surface area contributed by atoms with Gasteiger partial charge >= 0.3 is 0 Å². The third kappa shape index (κ3) is 14.3. The molecule has 1 aromatic heterocycles. The van der Waals surface area contributed by atoms with Crippen molar-refractivity contribution in [1.82, 2.24) is 25.1 Å². The lowest BCUT2D eigenvalue weighted by Gasteiger charge is -2.40. The third-order valence-electron chi connectivity index (χ3n) is 13.8. The number of anilines is 3. The van der Waals surface area contributed by atoms with Crippen LogP contribution in [0.25, 0.3) is 0 Å². The number of carbonyl (C=O) groups is 1. The number of aryl methyl sites for hydroxylation is 1. The molecule has 0 bridgehead atoms. The molecule has 1 amide bonds. The van der Waals surface area contributed by atoms with Gasteiger partial charge in [0.05, 0.1) is 23.5 Å². The highest BCUT2D eigenvalue weighted by Crippen LogP contribution is 2.42. The number of rotatable bonds is 14. The van der Waals surface area contributed by atoms with Crippen LogP contribution in [-0.2, 0) is 16.1 Å². The number of halogens is 1. The van der Waals surface area contributed by atoms with Gasteiger partial charge in [0.15, 0.2) is 5.82 Å². The van der Waals surface area contributed by atoms with Crippen LogP contribution >= 0.6 is 23.4 Å². The number of hydrogen-bond acceptors (Lipinski definition) is 14. The minimum absolute atomic E-state index is 0.0278. The number of hydrogen-bond donors (Lipinski definition) is 6. The molecule has 0 atom stereocenters. The first-order valence-corrected chi connectivity index (χ1v) is 26.1. The third-order valence-corrected chi connectivity index (χ3v) is 15.3. The standard InChI is InChI=1S/C36H48ClN7OS.C15H21N3O3.C2H6/c1-27-5-7-28(8-6-27)24-41-14-9-29(10-15-41)25-42-18-20-43(21-19-42)30-3-2-4-31(33(30)37)46-35-34(38)40-32(23-39-35)44-16-11-36(12-17-44)13-22-45-26-36;1-4-18-15(21)12(17)6-11(16)10-5-9(8(2)3)13(19)7-14(10)20;1-2/h2-8,23,29H,9-22,24-26H2,1H3,(H2,38,40);5,7-8,16-17,19-20H,4,6H2,1-3H3,(H,18,21);1-2H3. The fraction of sp³-hybridized carbons (Fsp3) is 0.528. The molecule has 4 fully saturated rings. The van der Waals surface area contributed by atoms with Gasteiger partial charge in [-0.15, -0.1) is 0 Å². The van der Waals surface area contributed by atoms with Gasteiger partial charge in [-0.3, -0.25) is 20.0 Å². The van der Waals surface area contributed by atoms with E-state index in [1.165, 1.54) is 73.9 Å². The van der Waals surface area contributed by atoms with Gasteiger partial charge in [0, 0.05) is 94.2 Å². The normalized spacial score (nSPS) is 17.5. The summed E-state index contributed by atoms with van der Waals surface area (Å²) in [5.41, 5.74) is 11.2. The highest BCUT2D eigenvalue weighted by atomic mass is 35.5. The van der Waals surface area contributed by atoms with Gasteiger partial charge in [-0.05, 0) is 106 Å². The Morgan fingerprint density at radius 3 is 2.26 bits per heavy atom. The molecular weight excluding hydrogens is 908 g/mol. The summed E-state index contributed by atoms with van der Waals surface area (Å²) in [6.07, 6.45) is 7.71. The first kappa shape index (κ1) is 53.4. The smallest absolute Gasteiger partial charge is 0.265 e. The topological polar surface area (TPSA) is 191 Å². The van der Waals surface area contributed by atoms with Crippen LogP contribution < -0.4 is 20.9 Å². The van der Waals surface area contributed by atoms with Crippen LogP contribution in [0.1, 0.15) is 101 Å². The van der Waals surface area contributed by atoms with E-state index in [1.54, 1.807) is 6.92 Å². The minimum atomic E-state index is -0.524. The summed E-state index contributed by atoms with van der Waals surface area (Å²) >= 11 is 8.55. The van der Waals surface area contributed by atoms with Crippen LogP contribution in [0.3, 0.4) is 0 Å². The van der Waals surface area contributed by atoms with Gasteiger partial charge in [-0.1, -0.05) is 87.0 Å². The molecule has 1 spiro atoms. The quantitative estimate of drug-likeness (QED) is 0.0658. The zero-order chi connectivity index (χ0) is 49.7. The Labute approximate surface area is 419 Å². The summed E-state index contributed by atoms with van der Waals surface area (Å²) in [5.74, 6) is 1.35. The Kier molecular flexibility index (Phi) is 19.6. The van der Waals surface area contributed by atoms with Crippen LogP contribution in [0.2, 0.25) is 5.02 Å². The molecular formula is C53H75ClN10O4S. The molecule has 7 N–H and O–H groups in total. The molecule has 8 rings (SSSR count). The molecule has 0 unspecified atom stereocenters. The van der Waals surface area contributed by atoms with E-state index in [-0.39, 0.29) is 40.8 Å². The zero-order valence-electron chi connectivity index (χ0n) is 41.6. The molecule has 0 saturated carbocycles. The van der Waals surface area contributed by atoms with Crippen LogP contribution in [-0.4, -0.2) is 126 Å². The number of nitrogen functional groups attached to an aromatic ring is 1. The van der Waals surface area contributed by atoms with Crippen LogP contribution in [0, 0.1) is 29.1 Å². The second-order valence-electron chi connectivity index (χ2n) is 19.0. The number of nitrogens with one attached hydrogen (secondary N) is 3. The second-order valence-corrected chi connectivity index (χ2v) is 20.4. The van der Waals surface area contributed by atoms with Crippen molar-refractivity contribution in [3.05, 3.63) is 88.1 Å². The minimum Gasteiger partial charge on any atom is -0.508 e. The van der Waals surface area contributed by atoms with E-state index in [2.05, 4.69) is 74.3 Å². The number of ether oxygens (including phenoxy) is 1. The highest BCUT2D eigenvalue weighted by molar-refractivity contribution is 7.99. The fourth-order valence-corrected chi connectivity index (χ4v) is 10.7. The van der Waals surface area contributed by atoms with Crippen molar-refractivity contribution in [1.29, 1.82) is 10.8 Å². The van der Waals surface area contributed by atoms with Crippen LogP contribution in [0.4, 0.5) is 17.3 Å². The molecule has 5 heterocycles. The number of aromatic nitrogens is 2. The summed E-state index contributed by atoms with van der Waals surface area (Å²) in [5, 5.41) is 39.2. The van der Waals surface area contributed by atoms with Gasteiger partial charge in [0.25, 0.3) is 5.91 Å². The van der Waals surface area contributed by atoms with Crippen LogP contribution in [0.5, 0.6) is 11.5 Å². The molecule has 4 saturated heterocycles. The summed E-state index contributed by atoms with van der Waals surface area (Å²) < 4.78 is 5.69. The number of amides is 1. The second kappa shape index (κ2) is 25.3. The lowest BCUT2D eigenvalue weighted by atomic mass is 9.78. The van der Waals surface area contributed by atoms with Gasteiger partial charge in [-0.2, -0.15) is 0 Å². The average molecular weight is 984 g/mol.